The summed E-state index contributed by atoms with van der Waals surface area (Å²) in [6, 6.07) is 6.59. The van der Waals surface area contributed by atoms with E-state index in [1.54, 1.807) is 0 Å². The molecule has 2 heterocycles. The quantitative estimate of drug-likeness (QED) is 0.558. The van der Waals surface area contributed by atoms with Gasteiger partial charge in [0.15, 0.2) is 0 Å². The van der Waals surface area contributed by atoms with Crippen molar-refractivity contribution >= 4 is 22.9 Å². The average Bonchev–Trinajstić information content (AvgIpc) is 2.99. The molecule has 0 aliphatic carbocycles. The van der Waals surface area contributed by atoms with Crippen LogP contribution in [0.2, 0.25) is 0 Å². The van der Waals surface area contributed by atoms with Gasteiger partial charge in [-0.05, 0) is 24.6 Å². The normalized spacial score (nSPS) is 10.7. The van der Waals surface area contributed by atoms with Gasteiger partial charge in [-0.2, -0.15) is 0 Å². The number of anilines is 1. The highest BCUT2D eigenvalue weighted by Gasteiger charge is 2.21. The monoisotopic (exact) mass is 358 g/mol. The highest BCUT2D eigenvalue weighted by Crippen LogP contribution is 2.29. The fraction of sp³-hybridized carbons (Fsp3) is 0.176. The van der Waals surface area contributed by atoms with Crippen LogP contribution in [-0.2, 0) is 6.42 Å². The first kappa shape index (κ1) is 17.3. The fourth-order valence-electron chi connectivity index (χ4n) is 2.64. The molecule has 134 valence electrons. The van der Waals surface area contributed by atoms with Gasteiger partial charge in [-0.25, -0.2) is 9.37 Å². The van der Waals surface area contributed by atoms with Gasteiger partial charge in [0.25, 0.3) is 11.6 Å². The molecule has 0 bridgehead atoms. The second-order valence-corrected chi connectivity index (χ2v) is 5.43. The standard InChI is InChI=1S/C17H15FN4O4/c1-3-12-16(21-9-10(18)4-7-15(21)19-12)17(23)20-13-8-11(22(24)25)5-6-14(13)26-2/h4-9H,3H2,1-2H3,(H,20,23). The third-order valence-corrected chi connectivity index (χ3v) is 3.85. The van der Waals surface area contributed by atoms with E-state index in [0.29, 0.717) is 17.8 Å². The molecule has 1 amide bonds. The summed E-state index contributed by atoms with van der Waals surface area (Å²) >= 11 is 0. The van der Waals surface area contributed by atoms with Crippen LogP contribution < -0.4 is 10.1 Å². The summed E-state index contributed by atoms with van der Waals surface area (Å²) in [6.45, 7) is 1.82. The highest BCUT2D eigenvalue weighted by molar-refractivity contribution is 6.05. The number of aryl methyl sites for hydroxylation is 1. The van der Waals surface area contributed by atoms with Crippen molar-refractivity contribution in [3.63, 3.8) is 0 Å². The number of ether oxygens (including phenoxy) is 1. The van der Waals surface area contributed by atoms with Gasteiger partial charge in [0.1, 0.15) is 22.9 Å². The number of amides is 1. The number of non-ortho nitro benzene ring substituents is 1. The van der Waals surface area contributed by atoms with E-state index in [2.05, 4.69) is 10.3 Å². The summed E-state index contributed by atoms with van der Waals surface area (Å²) in [6.07, 6.45) is 1.62. The highest BCUT2D eigenvalue weighted by atomic mass is 19.1. The molecule has 0 aliphatic rings. The predicted octanol–water partition coefficient (Wildman–Crippen LogP) is 3.20. The van der Waals surface area contributed by atoms with Gasteiger partial charge in [-0.1, -0.05) is 6.92 Å². The average molecular weight is 358 g/mol. The molecular weight excluding hydrogens is 343 g/mol. The first-order valence-corrected chi connectivity index (χ1v) is 7.74. The van der Waals surface area contributed by atoms with Gasteiger partial charge in [-0.3, -0.25) is 19.3 Å². The van der Waals surface area contributed by atoms with E-state index in [1.165, 1.54) is 48.0 Å². The maximum absolute atomic E-state index is 13.6. The van der Waals surface area contributed by atoms with E-state index in [1.807, 2.05) is 6.92 Å². The molecule has 8 nitrogen and oxygen atoms in total. The minimum atomic E-state index is -0.573. The molecule has 0 saturated heterocycles. The first-order chi connectivity index (χ1) is 12.4. The summed E-state index contributed by atoms with van der Waals surface area (Å²) in [7, 11) is 1.39. The second-order valence-electron chi connectivity index (χ2n) is 5.43. The number of imidazole rings is 1. The Morgan fingerprint density at radius 3 is 2.81 bits per heavy atom. The summed E-state index contributed by atoms with van der Waals surface area (Å²) in [5.41, 5.74) is 1.02. The number of rotatable bonds is 5. The smallest absolute Gasteiger partial charge is 0.274 e. The van der Waals surface area contributed by atoms with Crippen molar-refractivity contribution in [1.82, 2.24) is 9.38 Å². The third kappa shape index (κ3) is 3.06. The van der Waals surface area contributed by atoms with Crippen LogP contribution in [-0.4, -0.2) is 27.3 Å². The minimum absolute atomic E-state index is 0.139. The Morgan fingerprint density at radius 1 is 1.38 bits per heavy atom. The van der Waals surface area contributed by atoms with E-state index in [4.69, 9.17) is 4.74 Å². The maximum atomic E-state index is 13.6. The largest absolute Gasteiger partial charge is 0.495 e. The number of nitrogens with one attached hydrogen (secondary N) is 1. The van der Waals surface area contributed by atoms with Crippen molar-refractivity contribution in [3.8, 4) is 5.75 Å². The topological polar surface area (TPSA) is 98.8 Å². The number of hydrogen-bond acceptors (Lipinski definition) is 5. The van der Waals surface area contributed by atoms with Crippen LogP contribution >= 0.6 is 0 Å². The Hall–Kier alpha value is -3.49. The molecule has 0 fully saturated rings. The van der Waals surface area contributed by atoms with E-state index in [9.17, 15) is 19.3 Å². The number of nitro benzene ring substituents is 1. The van der Waals surface area contributed by atoms with Gasteiger partial charge in [0.2, 0.25) is 0 Å². The number of halogens is 1. The minimum Gasteiger partial charge on any atom is -0.495 e. The van der Waals surface area contributed by atoms with Gasteiger partial charge < -0.3 is 10.1 Å². The zero-order valence-electron chi connectivity index (χ0n) is 14.0. The lowest BCUT2D eigenvalue weighted by Gasteiger charge is -2.10. The van der Waals surface area contributed by atoms with Crippen molar-refractivity contribution in [2.75, 3.05) is 12.4 Å². The van der Waals surface area contributed by atoms with Crippen molar-refractivity contribution in [2.45, 2.75) is 13.3 Å². The lowest BCUT2D eigenvalue weighted by molar-refractivity contribution is -0.384. The van der Waals surface area contributed by atoms with Crippen LogP contribution in [0.5, 0.6) is 5.75 Å². The first-order valence-electron chi connectivity index (χ1n) is 7.74. The van der Waals surface area contributed by atoms with Crippen LogP contribution in [0.3, 0.4) is 0 Å². The fourth-order valence-corrected chi connectivity index (χ4v) is 2.64. The molecule has 0 radical (unpaired) electrons. The zero-order chi connectivity index (χ0) is 18.8. The summed E-state index contributed by atoms with van der Waals surface area (Å²) in [5.74, 6) is -0.819. The van der Waals surface area contributed by atoms with Gasteiger partial charge in [0.05, 0.1) is 23.4 Å². The molecule has 0 atom stereocenters. The van der Waals surface area contributed by atoms with E-state index in [0.717, 1.165) is 0 Å². The predicted molar refractivity (Wildman–Crippen MR) is 92.1 cm³/mol. The lowest BCUT2D eigenvalue weighted by atomic mass is 10.2. The molecule has 26 heavy (non-hydrogen) atoms. The molecule has 3 aromatic rings. The number of carbonyl (C=O) groups is 1. The molecule has 1 aromatic carbocycles. The van der Waals surface area contributed by atoms with Crippen LogP contribution in [0.15, 0.2) is 36.5 Å². The Bertz CT molecular complexity index is 1020. The summed E-state index contributed by atoms with van der Waals surface area (Å²) < 4.78 is 20.1. The van der Waals surface area contributed by atoms with Crippen LogP contribution in [0.25, 0.3) is 5.65 Å². The lowest BCUT2D eigenvalue weighted by Crippen LogP contribution is -2.17. The van der Waals surface area contributed by atoms with Crippen molar-refractivity contribution in [2.24, 2.45) is 0 Å². The summed E-state index contributed by atoms with van der Waals surface area (Å²) in [5, 5.41) is 13.6. The SMILES string of the molecule is CCc1nc2ccc(F)cn2c1C(=O)Nc1cc([N+](=O)[O-])ccc1OC. The van der Waals surface area contributed by atoms with Crippen molar-refractivity contribution < 1.29 is 18.8 Å². The molecular formula is C17H15FN4O4. The molecule has 1 N–H and O–H groups in total. The Labute approximate surface area is 147 Å². The second kappa shape index (κ2) is 6.79. The Morgan fingerprint density at radius 2 is 2.15 bits per heavy atom. The van der Waals surface area contributed by atoms with Crippen LogP contribution in [0.4, 0.5) is 15.8 Å². The van der Waals surface area contributed by atoms with Crippen LogP contribution in [0.1, 0.15) is 23.1 Å². The Kier molecular flexibility index (Phi) is 4.53. The van der Waals surface area contributed by atoms with Crippen molar-refractivity contribution in [3.05, 3.63) is 63.8 Å². The number of pyridine rings is 1. The van der Waals surface area contributed by atoms with Crippen molar-refractivity contribution in [1.29, 1.82) is 0 Å². The molecule has 0 aliphatic heterocycles. The number of nitrogens with zero attached hydrogens (tertiary/aromatic N) is 3. The summed E-state index contributed by atoms with van der Waals surface area (Å²) in [4.78, 5) is 27.5. The molecule has 0 saturated carbocycles. The van der Waals surface area contributed by atoms with E-state index < -0.39 is 16.6 Å². The molecule has 0 unspecified atom stereocenters. The number of fused-ring (bicyclic) bond motifs is 1. The van der Waals surface area contributed by atoms with Gasteiger partial charge in [0, 0.05) is 18.3 Å². The number of methoxy groups -OCH3 is 1. The molecule has 0 spiro atoms. The van der Waals surface area contributed by atoms with Gasteiger partial charge >= 0.3 is 0 Å². The molecule has 3 rings (SSSR count). The van der Waals surface area contributed by atoms with Crippen LogP contribution in [0, 0.1) is 15.9 Å². The number of nitro groups is 1. The number of aromatic nitrogens is 2. The van der Waals surface area contributed by atoms with Gasteiger partial charge in [-0.15, -0.1) is 0 Å². The zero-order valence-corrected chi connectivity index (χ0v) is 14.0. The van der Waals surface area contributed by atoms with E-state index in [-0.39, 0.29) is 22.8 Å². The number of carbonyl (C=O) groups excluding carboxylic acids is 1. The maximum Gasteiger partial charge on any atom is 0.274 e. The molecule has 2 aromatic heterocycles. The third-order valence-electron chi connectivity index (χ3n) is 3.85. The number of benzene rings is 1. The van der Waals surface area contributed by atoms with E-state index >= 15 is 0 Å². The Balaban J connectivity index is 2.06. The number of hydrogen-bond donors (Lipinski definition) is 1. The molecule has 9 heteroatoms.